The molecule has 0 saturated carbocycles. The maximum Gasteiger partial charge on any atom is 0.336 e. The molecule has 0 bridgehead atoms. The molecule has 0 radical (unpaired) electrons. The first kappa shape index (κ1) is 39.7. The first-order chi connectivity index (χ1) is 21.4. The van der Waals surface area contributed by atoms with Crippen LogP contribution in [0.3, 0.4) is 0 Å². The third-order valence-electron chi connectivity index (χ3n) is 6.45. The molecule has 1 aromatic rings. The van der Waals surface area contributed by atoms with E-state index in [0.717, 1.165) is 38.5 Å². The van der Waals surface area contributed by atoms with E-state index in [-0.39, 0.29) is 19.3 Å². The Morgan fingerprint density at radius 1 is 0.511 bits per heavy atom. The fourth-order valence-corrected chi connectivity index (χ4v) is 3.88. The van der Waals surface area contributed by atoms with Crippen LogP contribution in [-0.4, -0.2) is 70.3 Å². The number of aromatic nitrogens is 3. The van der Waals surface area contributed by atoms with E-state index < -0.39 is 73.5 Å². The van der Waals surface area contributed by atoms with Gasteiger partial charge in [0, 0.05) is 19.6 Å². The Kier molecular flexibility index (Phi) is 19.6. The minimum atomic E-state index is -1.03. The van der Waals surface area contributed by atoms with E-state index in [1.54, 1.807) is 20.8 Å². The average Bonchev–Trinajstić information content (AvgIpc) is 2.97. The molecule has 15 heteroatoms. The zero-order chi connectivity index (χ0) is 33.8. The quantitative estimate of drug-likeness (QED) is 0.0697. The summed E-state index contributed by atoms with van der Waals surface area (Å²) < 4.78 is 33.8. The molecule has 0 aromatic carbocycles. The topological polar surface area (TPSA) is 173 Å². The molecule has 1 rings (SSSR count). The molecule has 45 heavy (non-hydrogen) atoms. The van der Waals surface area contributed by atoms with E-state index in [4.69, 9.17) is 28.4 Å². The molecule has 0 aliphatic heterocycles. The van der Waals surface area contributed by atoms with Crippen molar-refractivity contribution in [3.05, 3.63) is 31.5 Å². The summed E-state index contributed by atoms with van der Waals surface area (Å²) in [4.78, 5) is 76.9. The summed E-state index contributed by atoms with van der Waals surface area (Å²) in [6.07, 6.45) is 1.45. The normalized spacial score (nSPS) is 13.2. The highest BCUT2D eigenvalue weighted by Crippen LogP contribution is 2.03. The Morgan fingerprint density at radius 2 is 0.756 bits per heavy atom. The molecule has 258 valence electrons. The number of unbranched alkanes of at least 4 members (excludes halogenated alkanes) is 3. The Labute approximate surface area is 263 Å². The highest BCUT2D eigenvalue weighted by molar-refractivity contribution is 5.70. The van der Waals surface area contributed by atoms with Crippen molar-refractivity contribution in [3.8, 4) is 0 Å². The van der Waals surface area contributed by atoms with E-state index in [2.05, 4.69) is 0 Å². The number of rotatable bonds is 24. The van der Waals surface area contributed by atoms with Crippen LogP contribution >= 0.6 is 0 Å². The van der Waals surface area contributed by atoms with E-state index >= 15 is 0 Å². The second kappa shape index (κ2) is 22.2. The van der Waals surface area contributed by atoms with Gasteiger partial charge in [-0.15, -0.1) is 0 Å². The van der Waals surface area contributed by atoms with Gasteiger partial charge in [0.25, 0.3) is 0 Å². The van der Waals surface area contributed by atoms with Gasteiger partial charge in [-0.1, -0.05) is 40.0 Å². The zero-order valence-electron chi connectivity index (χ0n) is 27.6. The van der Waals surface area contributed by atoms with Gasteiger partial charge in [-0.05, 0) is 40.0 Å². The van der Waals surface area contributed by atoms with Crippen molar-refractivity contribution < 1.29 is 42.8 Å². The SMILES string of the molecule is CCCCOC(C)OC(=O)CCn1c(=O)n(CCC(=O)OC(C)OCCCC)c(=O)n(CCC(=O)OC(C)OCCCC)c1=O. The standard InChI is InChI=1S/C30H51N3O12/c1-7-10-19-40-22(4)43-25(34)13-16-31-28(37)32(17-14-26(35)44-23(5)41-20-11-8-2)30(39)33(29(31)38)18-15-27(36)45-24(6)42-21-12-9-3/h22-24H,7-21H2,1-6H3. The van der Waals surface area contributed by atoms with Crippen LogP contribution in [0.15, 0.2) is 14.4 Å². The minimum Gasteiger partial charge on any atom is -0.436 e. The second-order valence-corrected chi connectivity index (χ2v) is 10.4. The average molecular weight is 646 g/mol. The second-order valence-electron chi connectivity index (χ2n) is 10.4. The Morgan fingerprint density at radius 3 is 0.978 bits per heavy atom. The Hall–Kier alpha value is -3.30. The van der Waals surface area contributed by atoms with Crippen LogP contribution in [0, 0.1) is 0 Å². The molecule has 1 aromatic heterocycles. The van der Waals surface area contributed by atoms with E-state index in [1.165, 1.54) is 0 Å². The van der Waals surface area contributed by atoms with Gasteiger partial charge < -0.3 is 28.4 Å². The van der Waals surface area contributed by atoms with E-state index in [9.17, 15) is 28.8 Å². The number of ether oxygens (including phenoxy) is 6. The van der Waals surface area contributed by atoms with Crippen LogP contribution in [0.25, 0.3) is 0 Å². The molecule has 0 aliphatic carbocycles. The van der Waals surface area contributed by atoms with Gasteiger partial charge in [0.15, 0.2) is 18.9 Å². The lowest BCUT2D eigenvalue weighted by molar-refractivity contribution is -0.176. The maximum absolute atomic E-state index is 13.2. The summed E-state index contributed by atoms with van der Waals surface area (Å²) in [7, 11) is 0. The van der Waals surface area contributed by atoms with Crippen LogP contribution < -0.4 is 17.1 Å². The van der Waals surface area contributed by atoms with Crippen LogP contribution in [0.1, 0.15) is 99.3 Å². The van der Waals surface area contributed by atoms with Crippen molar-refractivity contribution >= 4 is 17.9 Å². The fourth-order valence-electron chi connectivity index (χ4n) is 3.88. The lowest BCUT2D eigenvalue weighted by Crippen LogP contribution is -2.55. The summed E-state index contributed by atoms with van der Waals surface area (Å²) >= 11 is 0. The predicted molar refractivity (Wildman–Crippen MR) is 162 cm³/mol. The molecular formula is C30H51N3O12. The van der Waals surface area contributed by atoms with Gasteiger partial charge >= 0.3 is 35.0 Å². The maximum atomic E-state index is 13.2. The summed E-state index contributed by atoms with van der Waals surface area (Å²) in [5.41, 5.74) is -3.08. The summed E-state index contributed by atoms with van der Waals surface area (Å²) in [6, 6.07) is 0. The molecule has 0 amide bonds. The lowest BCUT2D eigenvalue weighted by atomic mass is 10.4. The number of nitrogens with zero attached hydrogens (tertiary/aromatic N) is 3. The molecule has 0 N–H and O–H groups in total. The molecule has 0 saturated heterocycles. The van der Waals surface area contributed by atoms with Crippen molar-refractivity contribution in [3.63, 3.8) is 0 Å². The number of carbonyl (C=O) groups excluding carboxylic acids is 3. The molecule has 0 spiro atoms. The summed E-state index contributed by atoms with van der Waals surface area (Å²) in [5, 5.41) is 0. The van der Waals surface area contributed by atoms with Crippen molar-refractivity contribution in [1.82, 2.24) is 13.7 Å². The molecule has 0 fully saturated rings. The van der Waals surface area contributed by atoms with Crippen LogP contribution in [0.2, 0.25) is 0 Å². The van der Waals surface area contributed by atoms with Crippen LogP contribution in [0.5, 0.6) is 0 Å². The van der Waals surface area contributed by atoms with Gasteiger partial charge in [0.1, 0.15) is 0 Å². The largest absolute Gasteiger partial charge is 0.436 e. The van der Waals surface area contributed by atoms with E-state index in [0.29, 0.717) is 33.5 Å². The fraction of sp³-hybridized carbons (Fsp3) is 0.800. The molecular weight excluding hydrogens is 594 g/mol. The highest BCUT2D eigenvalue weighted by atomic mass is 16.7. The summed E-state index contributed by atoms with van der Waals surface area (Å²) in [5.74, 6) is -2.18. The van der Waals surface area contributed by atoms with Crippen molar-refractivity contribution in [2.45, 2.75) is 138 Å². The number of hydrogen-bond donors (Lipinski definition) is 0. The van der Waals surface area contributed by atoms with Gasteiger partial charge in [-0.2, -0.15) is 0 Å². The van der Waals surface area contributed by atoms with Gasteiger partial charge in [-0.25, -0.2) is 28.1 Å². The van der Waals surface area contributed by atoms with Crippen molar-refractivity contribution in [1.29, 1.82) is 0 Å². The highest BCUT2D eigenvalue weighted by Gasteiger charge is 2.20. The Bertz CT molecular complexity index is 1040. The van der Waals surface area contributed by atoms with Crippen LogP contribution in [0.4, 0.5) is 0 Å². The van der Waals surface area contributed by atoms with E-state index in [1.807, 2.05) is 20.8 Å². The van der Waals surface area contributed by atoms with Crippen molar-refractivity contribution in [2.75, 3.05) is 19.8 Å². The number of esters is 3. The molecule has 1 heterocycles. The zero-order valence-corrected chi connectivity index (χ0v) is 27.6. The van der Waals surface area contributed by atoms with Gasteiger partial charge in [0.05, 0.1) is 39.1 Å². The predicted octanol–water partition coefficient (Wildman–Crippen LogP) is 2.46. The smallest absolute Gasteiger partial charge is 0.336 e. The first-order valence-corrected chi connectivity index (χ1v) is 15.8. The van der Waals surface area contributed by atoms with Crippen LogP contribution in [-0.2, 0) is 62.4 Å². The number of hydrogen-bond acceptors (Lipinski definition) is 12. The minimum absolute atomic E-state index is 0.377. The third-order valence-corrected chi connectivity index (χ3v) is 6.45. The monoisotopic (exact) mass is 645 g/mol. The van der Waals surface area contributed by atoms with Gasteiger partial charge in [0.2, 0.25) is 0 Å². The number of carbonyl (C=O) groups is 3. The molecule has 0 aliphatic rings. The third kappa shape index (κ3) is 15.5. The first-order valence-electron chi connectivity index (χ1n) is 15.8. The molecule has 15 nitrogen and oxygen atoms in total. The Balaban J connectivity index is 3.12. The summed E-state index contributed by atoms with van der Waals surface area (Å²) in [6.45, 7) is 10.6. The molecule has 3 unspecified atom stereocenters. The molecule has 3 atom stereocenters. The van der Waals surface area contributed by atoms with Gasteiger partial charge in [-0.3, -0.25) is 14.4 Å². The lowest BCUT2D eigenvalue weighted by Gasteiger charge is -2.17. The van der Waals surface area contributed by atoms with Crippen molar-refractivity contribution in [2.24, 2.45) is 0 Å².